The Morgan fingerprint density at radius 3 is 2.27 bits per heavy atom. The summed E-state index contributed by atoms with van der Waals surface area (Å²) in [7, 11) is 1.04. The van der Waals surface area contributed by atoms with E-state index in [0.29, 0.717) is 0 Å². The molecular weight excluding hydrogens is 199 g/mol. The molecule has 0 aromatic carbocycles. The zero-order valence-electron chi connectivity index (χ0n) is 11.2. The molecule has 0 aromatic heterocycles. The van der Waals surface area contributed by atoms with Crippen LogP contribution in [0.15, 0.2) is 12.2 Å². The second-order valence-corrected chi connectivity index (χ2v) is 6.37. The standard InChI is InChI=1S/C14H29P/c1-6-12(2)8-7-9-13(3)10-11-14(4)15-5/h10-15H,6-9H2,1-5H3/b11-10-. The van der Waals surface area contributed by atoms with Gasteiger partial charge < -0.3 is 0 Å². The van der Waals surface area contributed by atoms with E-state index in [0.717, 1.165) is 26.1 Å². The van der Waals surface area contributed by atoms with Crippen LogP contribution >= 0.6 is 8.58 Å². The van der Waals surface area contributed by atoms with E-state index < -0.39 is 0 Å². The predicted molar refractivity (Wildman–Crippen MR) is 75.3 cm³/mol. The molecule has 0 spiro atoms. The van der Waals surface area contributed by atoms with Crippen molar-refractivity contribution in [1.82, 2.24) is 0 Å². The van der Waals surface area contributed by atoms with E-state index in [9.17, 15) is 0 Å². The van der Waals surface area contributed by atoms with E-state index in [-0.39, 0.29) is 0 Å². The van der Waals surface area contributed by atoms with Crippen molar-refractivity contribution in [2.45, 2.75) is 59.0 Å². The van der Waals surface area contributed by atoms with Gasteiger partial charge in [-0.1, -0.05) is 59.1 Å². The van der Waals surface area contributed by atoms with Crippen molar-refractivity contribution in [2.24, 2.45) is 11.8 Å². The lowest BCUT2D eigenvalue weighted by molar-refractivity contribution is 0.462. The molecule has 4 unspecified atom stereocenters. The van der Waals surface area contributed by atoms with E-state index >= 15 is 0 Å². The fourth-order valence-electron chi connectivity index (χ4n) is 1.54. The second kappa shape index (κ2) is 9.40. The van der Waals surface area contributed by atoms with Gasteiger partial charge in [0.05, 0.1) is 0 Å². The van der Waals surface area contributed by atoms with E-state index in [2.05, 4.69) is 46.5 Å². The Balaban J connectivity index is 3.56. The first kappa shape index (κ1) is 15.2. The van der Waals surface area contributed by atoms with E-state index in [1.807, 2.05) is 0 Å². The lowest BCUT2D eigenvalue weighted by Gasteiger charge is -2.10. The van der Waals surface area contributed by atoms with Crippen LogP contribution in [0.5, 0.6) is 0 Å². The fourth-order valence-corrected chi connectivity index (χ4v) is 1.84. The number of rotatable bonds is 8. The van der Waals surface area contributed by atoms with E-state index in [1.54, 1.807) is 0 Å². The van der Waals surface area contributed by atoms with Gasteiger partial charge in [0.15, 0.2) is 0 Å². The first-order valence-corrected chi connectivity index (χ1v) is 8.03. The predicted octanol–water partition coefficient (Wildman–Crippen LogP) is 5.09. The van der Waals surface area contributed by atoms with Gasteiger partial charge in [0.1, 0.15) is 0 Å². The Morgan fingerprint density at radius 1 is 1.07 bits per heavy atom. The van der Waals surface area contributed by atoms with Gasteiger partial charge in [0, 0.05) is 0 Å². The van der Waals surface area contributed by atoms with Crippen LogP contribution in [-0.2, 0) is 0 Å². The molecule has 4 atom stereocenters. The summed E-state index contributed by atoms with van der Waals surface area (Å²) in [4.78, 5) is 0. The molecule has 0 nitrogen and oxygen atoms in total. The first-order chi connectivity index (χ1) is 7.10. The highest BCUT2D eigenvalue weighted by Crippen LogP contribution is 2.18. The third-order valence-electron chi connectivity index (χ3n) is 3.24. The molecule has 0 fully saturated rings. The molecule has 0 aliphatic carbocycles. The van der Waals surface area contributed by atoms with Crippen LogP contribution < -0.4 is 0 Å². The monoisotopic (exact) mass is 228 g/mol. The van der Waals surface area contributed by atoms with Gasteiger partial charge in [-0.15, -0.1) is 8.58 Å². The minimum atomic E-state index is 0.771. The Bertz CT molecular complexity index is 163. The third-order valence-corrected chi connectivity index (χ3v) is 4.34. The lowest BCUT2D eigenvalue weighted by atomic mass is 9.97. The van der Waals surface area contributed by atoms with Crippen molar-refractivity contribution in [3.63, 3.8) is 0 Å². The molecule has 0 saturated carbocycles. The zero-order valence-corrected chi connectivity index (χ0v) is 12.2. The van der Waals surface area contributed by atoms with Crippen LogP contribution in [0.4, 0.5) is 0 Å². The van der Waals surface area contributed by atoms with Crippen LogP contribution in [0.1, 0.15) is 53.4 Å². The maximum Gasteiger partial charge on any atom is -0.00880 e. The first-order valence-electron chi connectivity index (χ1n) is 6.45. The second-order valence-electron chi connectivity index (χ2n) is 4.88. The summed E-state index contributed by atoms with van der Waals surface area (Å²) in [5.41, 5.74) is 0.780. The van der Waals surface area contributed by atoms with Gasteiger partial charge in [0.2, 0.25) is 0 Å². The normalized spacial score (nSPS) is 18.7. The van der Waals surface area contributed by atoms with Crippen LogP contribution in [0.3, 0.4) is 0 Å². The minimum absolute atomic E-state index is 0.771. The lowest BCUT2D eigenvalue weighted by Crippen LogP contribution is -1.96. The Morgan fingerprint density at radius 2 is 1.73 bits per heavy atom. The highest BCUT2D eigenvalue weighted by atomic mass is 31.1. The van der Waals surface area contributed by atoms with Crippen molar-refractivity contribution < 1.29 is 0 Å². The van der Waals surface area contributed by atoms with E-state index in [4.69, 9.17) is 0 Å². The third kappa shape index (κ3) is 9.12. The van der Waals surface area contributed by atoms with Gasteiger partial charge in [-0.05, 0) is 30.6 Å². The number of allylic oxidation sites excluding steroid dienone is 2. The molecule has 0 aromatic rings. The summed E-state index contributed by atoms with van der Waals surface area (Å²) in [5.74, 6) is 1.69. The molecule has 0 saturated heterocycles. The molecular formula is C14H29P. The molecule has 90 valence electrons. The zero-order chi connectivity index (χ0) is 11.7. The highest BCUT2D eigenvalue weighted by molar-refractivity contribution is 7.38. The number of hydrogen-bond donors (Lipinski definition) is 0. The smallest absolute Gasteiger partial charge is 0.00880 e. The molecule has 1 heteroatoms. The van der Waals surface area contributed by atoms with Crippen molar-refractivity contribution in [2.75, 3.05) is 6.66 Å². The molecule has 0 heterocycles. The summed E-state index contributed by atoms with van der Waals surface area (Å²) >= 11 is 0. The van der Waals surface area contributed by atoms with Crippen molar-refractivity contribution in [3.05, 3.63) is 12.2 Å². The van der Waals surface area contributed by atoms with Gasteiger partial charge in [0.25, 0.3) is 0 Å². The molecule has 15 heavy (non-hydrogen) atoms. The molecule has 0 rings (SSSR count). The molecule has 0 bridgehead atoms. The quantitative estimate of drug-likeness (QED) is 0.401. The molecule has 0 aliphatic heterocycles. The van der Waals surface area contributed by atoms with Gasteiger partial charge in [-0.3, -0.25) is 0 Å². The molecule has 0 aliphatic rings. The Kier molecular flexibility index (Phi) is 9.51. The SMILES string of the molecule is CCC(C)CCCC(C)/C=C\C(C)PC. The molecule has 0 N–H and O–H groups in total. The average Bonchev–Trinajstić information content (AvgIpc) is 2.25. The van der Waals surface area contributed by atoms with Crippen LogP contribution in [-0.4, -0.2) is 12.3 Å². The van der Waals surface area contributed by atoms with E-state index in [1.165, 1.54) is 25.7 Å². The van der Waals surface area contributed by atoms with Crippen molar-refractivity contribution in [1.29, 1.82) is 0 Å². The molecule has 0 radical (unpaired) electrons. The maximum atomic E-state index is 2.41. The summed E-state index contributed by atoms with van der Waals surface area (Å²) in [6, 6.07) is 0. The Labute approximate surface area is 98.7 Å². The van der Waals surface area contributed by atoms with Gasteiger partial charge in [-0.2, -0.15) is 0 Å². The molecule has 0 amide bonds. The summed E-state index contributed by atoms with van der Waals surface area (Å²) in [6.07, 6.45) is 10.3. The minimum Gasteiger partial charge on any atom is -0.118 e. The largest absolute Gasteiger partial charge is 0.118 e. The summed E-state index contributed by atoms with van der Waals surface area (Å²) in [6.45, 7) is 11.6. The Hall–Kier alpha value is 0.170. The maximum absolute atomic E-state index is 2.41. The van der Waals surface area contributed by atoms with Gasteiger partial charge >= 0.3 is 0 Å². The van der Waals surface area contributed by atoms with Crippen molar-refractivity contribution >= 4 is 8.58 Å². The van der Waals surface area contributed by atoms with Crippen LogP contribution in [0.25, 0.3) is 0 Å². The average molecular weight is 228 g/mol. The topological polar surface area (TPSA) is 0 Å². The number of hydrogen-bond acceptors (Lipinski definition) is 0. The van der Waals surface area contributed by atoms with Crippen LogP contribution in [0.2, 0.25) is 0 Å². The summed E-state index contributed by atoms with van der Waals surface area (Å²) in [5, 5.41) is 0. The van der Waals surface area contributed by atoms with Crippen molar-refractivity contribution in [3.8, 4) is 0 Å². The fraction of sp³-hybridized carbons (Fsp3) is 0.857. The van der Waals surface area contributed by atoms with Gasteiger partial charge in [-0.25, -0.2) is 0 Å². The summed E-state index contributed by atoms with van der Waals surface area (Å²) < 4.78 is 0. The van der Waals surface area contributed by atoms with Crippen LogP contribution in [0, 0.1) is 11.8 Å². The highest BCUT2D eigenvalue weighted by Gasteiger charge is 2.01.